The molecule has 38 heavy (non-hydrogen) atoms. The number of aryl methyl sites for hydroxylation is 1. The number of fused-ring (bicyclic) bond motifs is 1. The van der Waals surface area contributed by atoms with Gasteiger partial charge in [0.2, 0.25) is 17.7 Å². The maximum atomic E-state index is 14.1. The Balaban J connectivity index is 1.27. The molecule has 0 aromatic heterocycles. The van der Waals surface area contributed by atoms with Crippen LogP contribution >= 0.6 is 0 Å². The van der Waals surface area contributed by atoms with Gasteiger partial charge >= 0.3 is 0 Å². The van der Waals surface area contributed by atoms with Crippen LogP contribution in [0.3, 0.4) is 0 Å². The number of ether oxygens (including phenoxy) is 1. The standard InChI is InChI=1S/C31H39N3O4/c1-20-12-14-23(15-13-20)32-28(35)25-24-16-18-31(38-24)26(25)30(37)34(19-17-21-8-4-2-5-9-21)27(31)29(36)33-22-10-6-3-7-11-22/h8,12-16,18,22,24-27H,2-7,9-11,17,19H2,1H3,(H,32,35)(H,33,36)/t24-,25+,26-,27+,31-/m0/s1. The molecule has 1 spiro atoms. The van der Waals surface area contributed by atoms with Crippen LogP contribution in [-0.2, 0) is 19.1 Å². The van der Waals surface area contributed by atoms with Crippen molar-refractivity contribution >= 4 is 23.4 Å². The number of rotatable bonds is 7. The molecule has 2 aliphatic carbocycles. The van der Waals surface area contributed by atoms with Crippen molar-refractivity contribution in [3.63, 3.8) is 0 Å². The molecule has 1 aromatic carbocycles. The van der Waals surface area contributed by atoms with Gasteiger partial charge in [-0.05, 0) is 64.0 Å². The highest BCUT2D eigenvalue weighted by molar-refractivity contribution is 6.02. The molecule has 7 nitrogen and oxygen atoms in total. The van der Waals surface area contributed by atoms with Crippen LogP contribution < -0.4 is 10.6 Å². The number of hydrogen-bond donors (Lipinski definition) is 2. The van der Waals surface area contributed by atoms with Crippen molar-refractivity contribution in [3.05, 3.63) is 53.6 Å². The number of carbonyl (C=O) groups excluding carboxylic acids is 3. The second-order valence-electron chi connectivity index (χ2n) is 11.8. The molecule has 6 rings (SSSR count). The Morgan fingerprint density at radius 3 is 2.58 bits per heavy atom. The number of likely N-dealkylation sites (tertiary alicyclic amines) is 1. The van der Waals surface area contributed by atoms with E-state index in [9.17, 15) is 14.4 Å². The van der Waals surface area contributed by atoms with E-state index in [1.54, 1.807) is 4.90 Å². The molecule has 1 saturated carbocycles. The summed E-state index contributed by atoms with van der Waals surface area (Å²) in [6.45, 7) is 2.47. The highest BCUT2D eigenvalue weighted by Crippen LogP contribution is 2.55. The van der Waals surface area contributed by atoms with Gasteiger partial charge in [-0.2, -0.15) is 0 Å². The lowest BCUT2D eigenvalue weighted by Crippen LogP contribution is -2.56. The minimum atomic E-state index is -1.10. The van der Waals surface area contributed by atoms with Gasteiger partial charge in [-0.25, -0.2) is 0 Å². The first kappa shape index (κ1) is 25.4. The Hall–Kier alpha value is -2.93. The number of amides is 3. The first-order valence-corrected chi connectivity index (χ1v) is 14.5. The van der Waals surface area contributed by atoms with Gasteiger partial charge in [0.05, 0.1) is 17.9 Å². The van der Waals surface area contributed by atoms with Crippen LogP contribution in [0.1, 0.15) is 69.8 Å². The predicted octanol–water partition coefficient (Wildman–Crippen LogP) is 4.42. The summed E-state index contributed by atoms with van der Waals surface area (Å²) in [7, 11) is 0. The van der Waals surface area contributed by atoms with Crippen LogP contribution in [0.15, 0.2) is 48.1 Å². The molecule has 3 heterocycles. The molecule has 2 saturated heterocycles. The highest BCUT2D eigenvalue weighted by atomic mass is 16.5. The van der Waals surface area contributed by atoms with Gasteiger partial charge in [0.25, 0.3) is 0 Å². The molecule has 3 aliphatic heterocycles. The maximum absolute atomic E-state index is 14.1. The number of carbonyl (C=O) groups is 3. The lowest BCUT2D eigenvalue weighted by molar-refractivity contribution is -0.141. The van der Waals surface area contributed by atoms with E-state index >= 15 is 0 Å². The van der Waals surface area contributed by atoms with Crippen molar-refractivity contribution in [2.45, 2.75) is 94.9 Å². The molecular formula is C31H39N3O4. The average Bonchev–Trinajstić information content (AvgIpc) is 3.57. The van der Waals surface area contributed by atoms with E-state index in [0.717, 1.165) is 50.5 Å². The fourth-order valence-corrected chi connectivity index (χ4v) is 7.29. The van der Waals surface area contributed by atoms with Crippen molar-refractivity contribution < 1.29 is 19.1 Å². The van der Waals surface area contributed by atoms with E-state index in [2.05, 4.69) is 16.7 Å². The van der Waals surface area contributed by atoms with Crippen LogP contribution in [0.4, 0.5) is 5.69 Å². The zero-order valence-corrected chi connectivity index (χ0v) is 22.3. The smallest absolute Gasteiger partial charge is 0.246 e. The molecule has 5 atom stereocenters. The lowest BCUT2D eigenvalue weighted by atomic mass is 9.74. The van der Waals surface area contributed by atoms with E-state index < -0.39 is 29.6 Å². The summed E-state index contributed by atoms with van der Waals surface area (Å²) in [5, 5.41) is 6.27. The fraction of sp³-hybridized carbons (Fsp3) is 0.581. The van der Waals surface area contributed by atoms with Crippen molar-refractivity contribution in [3.8, 4) is 0 Å². The Bertz CT molecular complexity index is 1150. The van der Waals surface area contributed by atoms with Crippen LogP contribution in [0.2, 0.25) is 0 Å². The zero-order chi connectivity index (χ0) is 26.3. The predicted molar refractivity (Wildman–Crippen MR) is 145 cm³/mol. The fourth-order valence-electron chi connectivity index (χ4n) is 7.29. The van der Waals surface area contributed by atoms with E-state index in [-0.39, 0.29) is 23.8 Å². The molecule has 5 aliphatic rings. The second kappa shape index (κ2) is 10.3. The van der Waals surface area contributed by atoms with Crippen LogP contribution in [0.5, 0.6) is 0 Å². The van der Waals surface area contributed by atoms with E-state index in [0.29, 0.717) is 12.2 Å². The first-order chi connectivity index (χ1) is 18.5. The number of anilines is 1. The van der Waals surface area contributed by atoms with Crippen molar-refractivity contribution in [2.75, 3.05) is 11.9 Å². The maximum Gasteiger partial charge on any atom is 0.246 e. The van der Waals surface area contributed by atoms with Crippen molar-refractivity contribution in [2.24, 2.45) is 11.8 Å². The van der Waals surface area contributed by atoms with E-state index in [1.165, 1.54) is 24.8 Å². The zero-order valence-electron chi connectivity index (χ0n) is 22.3. The topological polar surface area (TPSA) is 87.7 Å². The van der Waals surface area contributed by atoms with E-state index in [4.69, 9.17) is 4.74 Å². The third-order valence-electron chi connectivity index (χ3n) is 9.25. The normalized spacial score (nSPS) is 32.3. The minimum absolute atomic E-state index is 0.132. The molecule has 0 radical (unpaired) electrons. The molecular weight excluding hydrogens is 478 g/mol. The van der Waals surface area contributed by atoms with Crippen molar-refractivity contribution in [1.29, 1.82) is 0 Å². The lowest BCUT2D eigenvalue weighted by Gasteiger charge is -2.34. The van der Waals surface area contributed by atoms with Gasteiger partial charge in [-0.15, -0.1) is 0 Å². The summed E-state index contributed by atoms with van der Waals surface area (Å²) in [5.74, 6) is -1.88. The van der Waals surface area contributed by atoms with Gasteiger partial charge in [0.1, 0.15) is 11.6 Å². The summed E-state index contributed by atoms with van der Waals surface area (Å²) >= 11 is 0. The molecule has 7 heteroatoms. The largest absolute Gasteiger partial charge is 0.359 e. The van der Waals surface area contributed by atoms with Crippen LogP contribution in [-0.4, -0.2) is 53.0 Å². The van der Waals surface area contributed by atoms with Crippen LogP contribution in [0.25, 0.3) is 0 Å². The van der Waals surface area contributed by atoms with Crippen LogP contribution in [0, 0.1) is 18.8 Å². The molecule has 2 N–H and O–H groups in total. The Morgan fingerprint density at radius 2 is 1.84 bits per heavy atom. The van der Waals surface area contributed by atoms with Gasteiger partial charge in [0.15, 0.2) is 0 Å². The molecule has 3 amide bonds. The summed E-state index contributed by atoms with van der Waals surface area (Å²) in [4.78, 5) is 43.3. The number of benzene rings is 1. The molecule has 202 valence electrons. The summed E-state index contributed by atoms with van der Waals surface area (Å²) in [5.41, 5.74) is 2.06. The summed E-state index contributed by atoms with van der Waals surface area (Å²) in [6.07, 6.45) is 16.2. The second-order valence-corrected chi connectivity index (χ2v) is 11.8. The summed E-state index contributed by atoms with van der Waals surface area (Å²) < 4.78 is 6.48. The quantitative estimate of drug-likeness (QED) is 0.524. The Labute approximate surface area is 225 Å². The van der Waals surface area contributed by atoms with Gasteiger partial charge in [-0.3, -0.25) is 14.4 Å². The number of allylic oxidation sites excluding steroid dienone is 1. The van der Waals surface area contributed by atoms with Gasteiger partial charge in [-0.1, -0.05) is 60.8 Å². The minimum Gasteiger partial charge on any atom is -0.359 e. The molecule has 1 aromatic rings. The Morgan fingerprint density at radius 1 is 1.05 bits per heavy atom. The SMILES string of the molecule is Cc1ccc(NC(=O)[C@@H]2[C@@H]3C=C[C@]4(O3)[C@@H]2C(=O)N(CCC2=CCCCC2)[C@@H]4C(=O)NC2CCCCC2)cc1. The number of nitrogens with zero attached hydrogens (tertiary/aromatic N) is 1. The number of nitrogens with one attached hydrogen (secondary N) is 2. The number of hydrogen-bond acceptors (Lipinski definition) is 4. The van der Waals surface area contributed by atoms with Crippen molar-refractivity contribution in [1.82, 2.24) is 10.2 Å². The highest BCUT2D eigenvalue weighted by Gasteiger charge is 2.72. The van der Waals surface area contributed by atoms with E-state index in [1.807, 2.05) is 43.3 Å². The molecule has 2 bridgehead atoms. The Kier molecular flexibility index (Phi) is 6.89. The van der Waals surface area contributed by atoms with Gasteiger partial charge in [0, 0.05) is 18.3 Å². The monoisotopic (exact) mass is 517 g/mol. The molecule has 3 fully saturated rings. The van der Waals surface area contributed by atoms with Gasteiger partial charge < -0.3 is 20.3 Å². The molecule has 0 unspecified atom stereocenters. The third kappa shape index (κ3) is 4.49. The average molecular weight is 518 g/mol. The summed E-state index contributed by atoms with van der Waals surface area (Å²) in [6, 6.07) is 7.00. The first-order valence-electron chi connectivity index (χ1n) is 14.5. The third-order valence-corrected chi connectivity index (χ3v) is 9.25.